The molecule has 1 aliphatic rings. The molecule has 2 N–H and O–H groups in total. The van der Waals surface area contributed by atoms with Crippen molar-refractivity contribution in [2.75, 3.05) is 39.6 Å². The molecule has 0 bridgehead atoms. The van der Waals surface area contributed by atoms with Crippen molar-refractivity contribution in [3.63, 3.8) is 0 Å². The van der Waals surface area contributed by atoms with Crippen LogP contribution in [0.3, 0.4) is 0 Å². The molecule has 0 aliphatic carbocycles. The van der Waals surface area contributed by atoms with E-state index in [1.54, 1.807) is 37.3 Å². The minimum absolute atomic E-state index is 0.115. The van der Waals surface area contributed by atoms with E-state index in [4.69, 9.17) is 19.9 Å². The van der Waals surface area contributed by atoms with Gasteiger partial charge in [0.25, 0.3) is 5.91 Å². The standard InChI is InChI=1S/C15H22N2O4/c1-4-21-14-10(6-5-7-11(14)16)15(18)17-8-12(19-2)13(9-17)20-3/h5-7,12-13H,4,8-9,16H2,1-3H3. The molecule has 2 atom stereocenters. The maximum absolute atomic E-state index is 12.7. The van der Waals surface area contributed by atoms with Gasteiger partial charge in [-0.15, -0.1) is 0 Å². The second-order valence-electron chi connectivity index (χ2n) is 4.92. The number of anilines is 1. The number of nitrogen functional groups attached to an aromatic ring is 1. The van der Waals surface area contributed by atoms with Crippen LogP contribution in [0, 0.1) is 0 Å². The fraction of sp³-hybridized carbons (Fsp3) is 0.533. The van der Waals surface area contributed by atoms with Gasteiger partial charge in [0.15, 0.2) is 5.75 Å². The van der Waals surface area contributed by atoms with Crippen molar-refractivity contribution in [1.82, 2.24) is 4.90 Å². The highest BCUT2D eigenvalue weighted by molar-refractivity contribution is 5.98. The first-order valence-corrected chi connectivity index (χ1v) is 6.98. The Balaban J connectivity index is 2.23. The van der Waals surface area contributed by atoms with Gasteiger partial charge in [0.05, 0.1) is 17.9 Å². The van der Waals surface area contributed by atoms with Crippen LogP contribution in [0.1, 0.15) is 17.3 Å². The summed E-state index contributed by atoms with van der Waals surface area (Å²) in [5.74, 6) is 0.326. The molecule has 21 heavy (non-hydrogen) atoms. The third-order valence-electron chi connectivity index (χ3n) is 3.67. The van der Waals surface area contributed by atoms with E-state index in [2.05, 4.69) is 0 Å². The fourth-order valence-electron chi connectivity index (χ4n) is 2.56. The molecular weight excluding hydrogens is 272 g/mol. The number of methoxy groups -OCH3 is 2. The molecule has 0 saturated carbocycles. The summed E-state index contributed by atoms with van der Waals surface area (Å²) in [6, 6.07) is 5.20. The van der Waals surface area contributed by atoms with Gasteiger partial charge in [-0.3, -0.25) is 4.79 Å². The number of hydrogen-bond acceptors (Lipinski definition) is 5. The Hall–Kier alpha value is -1.79. The first-order valence-electron chi connectivity index (χ1n) is 6.98. The summed E-state index contributed by atoms with van der Waals surface area (Å²) >= 11 is 0. The quantitative estimate of drug-likeness (QED) is 0.825. The summed E-state index contributed by atoms with van der Waals surface area (Å²) in [4.78, 5) is 14.4. The van der Waals surface area contributed by atoms with Crippen molar-refractivity contribution in [3.05, 3.63) is 23.8 Å². The molecule has 6 heteroatoms. The lowest BCUT2D eigenvalue weighted by Crippen LogP contribution is -2.30. The Morgan fingerprint density at radius 1 is 1.29 bits per heavy atom. The van der Waals surface area contributed by atoms with Crippen molar-refractivity contribution in [2.24, 2.45) is 0 Å². The number of rotatable bonds is 5. The summed E-state index contributed by atoms with van der Waals surface area (Å²) in [6.07, 6.45) is -0.230. The molecule has 0 spiro atoms. The molecule has 0 aromatic heterocycles. The Morgan fingerprint density at radius 2 is 1.90 bits per heavy atom. The summed E-state index contributed by atoms with van der Waals surface area (Å²) in [5.41, 5.74) is 6.85. The number of hydrogen-bond donors (Lipinski definition) is 1. The molecule has 116 valence electrons. The van der Waals surface area contributed by atoms with E-state index in [0.717, 1.165) is 0 Å². The molecule has 1 amide bonds. The van der Waals surface area contributed by atoms with Crippen LogP contribution in [0.5, 0.6) is 5.75 Å². The molecule has 1 aliphatic heterocycles. The smallest absolute Gasteiger partial charge is 0.257 e. The average Bonchev–Trinajstić information content (AvgIpc) is 2.92. The molecule has 1 aromatic carbocycles. The molecule has 6 nitrogen and oxygen atoms in total. The molecular formula is C15H22N2O4. The molecule has 2 unspecified atom stereocenters. The second kappa shape index (κ2) is 6.78. The second-order valence-corrected chi connectivity index (χ2v) is 4.92. The molecule has 1 fully saturated rings. The van der Waals surface area contributed by atoms with Crippen molar-refractivity contribution in [2.45, 2.75) is 19.1 Å². The number of likely N-dealkylation sites (tertiary alicyclic amines) is 1. The fourth-order valence-corrected chi connectivity index (χ4v) is 2.56. The van der Waals surface area contributed by atoms with E-state index >= 15 is 0 Å². The van der Waals surface area contributed by atoms with Gasteiger partial charge >= 0.3 is 0 Å². The lowest BCUT2D eigenvalue weighted by atomic mass is 10.1. The number of ether oxygens (including phenoxy) is 3. The maximum Gasteiger partial charge on any atom is 0.257 e. The highest BCUT2D eigenvalue weighted by atomic mass is 16.5. The summed E-state index contributed by atoms with van der Waals surface area (Å²) in [7, 11) is 3.24. The van der Waals surface area contributed by atoms with E-state index in [1.165, 1.54) is 0 Å². The van der Waals surface area contributed by atoms with Gasteiger partial charge in [-0.25, -0.2) is 0 Å². The van der Waals surface area contributed by atoms with Crippen LogP contribution < -0.4 is 10.5 Å². The van der Waals surface area contributed by atoms with E-state index < -0.39 is 0 Å². The van der Waals surface area contributed by atoms with Gasteiger partial charge in [-0.1, -0.05) is 6.07 Å². The predicted molar refractivity (Wildman–Crippen MR) is 79.5 cm³/mol. The zero-order chi connectivity index (χ0) is 15.4. The van der Waals surface area contributed by atoms with Gasteiger partial charge in [-0.2, -0.15) is 0 Å². The Bertz CT molecular complexity index is 494. The normalized spacial score (nSPS) is 21.6. The summed E-state index contributed by atoms with van der Waals surface area (Å²) in [6.45, 7) is 3.30. The molecule has 1 saturated heterocycles. The number of carbonyl (C=O) groups excluding carboxylic acids is 1. The van der Waals surface area contributed by atoms with Crippen LogP contribution in [-0.4, -0.2) is 56.9 Å². The largest absolute Gasteiger partial charge is 0.491 e. The zero-order valence-electron chi connectivity index (χ0n) is 12.7. The highest BCUT2D eigenvalue weighted by Gasteiger charge is 2.36. The minimum Gasteiger partial charge on any atom is -0.491 e. The number of nitrogens with zero attached hydrogens (tertiary/aromatic N) is 1. The number of carbonyl (C=O) groups is 1. The van der Waals surface area contributed by atoms with Crippen molar-refractivity contribution >= 4 is 11.6 Å². The van der Waals surface area contributed by atoms with Gasteiger partial charge in [-0.05, 0) is 19.1 Å². The van der Waals surface area contributed by atoms with E-state index in [9.17, 15) is 4.79 Å². The first kappa shape index (κ1) is 15.6. The minimum atomic E-state index is -0.118. The first-order chi connectivity index (χ1) is 10.1. The lowest BCUT2D eigenvalue weighted by molar-refractivity contribution is -0.00461. The predicted octanol–water partition coefficient (Wildman–Crippen LogP) is 1.15. The Morgan fingerprint density at radius 3 is 2.43 bits per heavy atom. The Labute approximate surface area is 124 Å². The SMILES string of the molecule is CCOc1c(N)cccc1C(=O)N1CC(OC)C(OC)C1. The number of amides is 1. The van der Waals surface area contributed by atoms with E-state index in [1.807, 2.05) is 6.92 Å². The topological polar surface area (TPSA) is 74.0 Å². The van der Waals surface area contributed by atoms with Crippen molar-refractivity contribution in [1.29, 1.82) is 0 Å². The van der Waals surface area contributed by atoms with Crippen LogP contribution in [-0.2, 0) is 9.47 Å². The maximum atomic E-state index is 12.7. The van der Waals surface area contributed by atoms with Crippen LogP contribution in [0.15, 0.2) is 18.2 Å². The number of para-hydroxylation sites is 1. The summed E-state index contributed by atoms with van der Waals surface area (Å²) < 4.78 is 16.2. The molecule has 1 aromatic rings. The number of nitrogens with two attached hydrogens (primary N) is 1. The van der Waals surface area contributed by atoms with Crippen LogP contribution in [0.25, 0.3) is 0 Å². The third kappa shape index (κ3) is 3.11. The lowest BCUT2D eigenvalue weighted by Gasteiger charge is -2.19. The summed E-state index contributed by atoms with van der Waals surface area (Å²) in [5, 5.41) is 0. The van der Waals surface area contributed by atoms with Crippen molar-refractivity contribution in [3.8, 4) is 5.75 Å². The molecule has 1 heterocycles. The van der Waals surface area contributed by atoms with Gasteiger partial charge < -0.3 is 24.8 Å². The highest BCUT2D eigenvalue weighted by Crippen LogP contribution is 2.29. The Kier molecular flexibility index (Phi) is 5.03. The molecule has 2 rings (SSSR count). The van der Waals surface area contributed by atoms with E-state index in [0.29, 0.717) is 36.7 Å². The third-order valence-corrected chi connectivity index (χ3v) is 3.67. The van der Waals surface area contributed by atoms with Crippen LogP contribution in [0.2, 0.25) is 0 Å². The number of benzene rings is 1. The zero-order valence-corrected chi connectivity index (χ0v) is 12.7. The van der Waals surface area contributed by atoms with Crippen molar-refractivity contribution < 1.29 is 19.0 Å². The van der Waals surface area contributed by atoms with E-state index in [-0.39, 0.29) is 18.1 Å². The van der Waals surface area contributed by atoms with Crippen LogP contribution in [0.4, 0.5) is 5.69 Å². The average molecular weight is 294 g/mol. The monoisotopic (exact) mass is 294 g/mol. The van der Waals surface area contributed by atoms with Gasteiger partial charge in [0, 0.05) is 27.3 Å². The van der Waals surface area contributed by atoms with Gasteiger partial charge in [0.1, 0.15) is 12.2 Å². The van der Waals surface area contributed by atoms with Crippen LogP contribution >= 0.6 is 0 Å². The molecule has 0 radical (unpaired) electrons. The van der Waals surface area contributed by atoms with Gasteiger partial charge in [0.2, 0.25) is 0 Å².